The van der Waals surface area contributed by atoms with Crippen LogP contribution in [0.5, 0.6) is 0 Å². The van der Waals surface area contributed by atoms with Gasteiger partial charge in [-0.15, -0.1) is 12.4 Å². The molecule has 1 aromatic carbocycles. The van der Waals surface area contributed by atoms with Crippen molar-refractivity contribution in [3.05, 3.63) is 34.9 Å². The molecule has 0 amide bonds. The van der Waals surface area contributed by atoms with Gasteiger partial charge in [0.15, 0.2) is 0 Å². The van der Waals surface area contributed by atoms with E-state index in [2.05, 4.69) is 6.07 Å². The lowest BCUT2D eigenvalue weighted by atomic mass is 9.76. The lowest BCUT2D eigenvalue weighted by Gasteiger charge is -2.29. The summed E-state index contributed by atoms with van der Waals surface area (Å²) in [5.74, 6) is 0.280. The molecule has 0 spiro atoms. The number of rotatable bonds is 3. The van der Waals surface area contributed by atoms with Gasteiger partial charge in [0.2, 0.25) is 0 Å². The summed E-state index contributed by atoms with van der Waals surface area (Å²) in [6.07, 6.45) is 5.34. The summed E-state index contributed by atoms with van der Waals surface area (Å²) in [4.78, 5) is 0. The van der Waals surface area contributed by atoms with Crippen LogP contribution in [-0.2, 0) is 5.41 Å². The van der Waals surface area contributed by atoms with Gasteiger partial charge in [-0.2, -0.15) is 0 Å². The number of amidine groups is 1. The number of halogens is 2. The van der Waals surface area contributed by atoms with Gasteiger partial charge in [-0.25, -0.2) is 0 Å². The largest absolute Gasteiger partial charge is 0.388 e. The van der Waals surface area contributed by atoms with Crippen LogP contribution >= 0.6 is 24.0 Å². The summed E-state index contributed by atoms with van der Waals surface area (Å²) in [7, 11) is 0. The van der Waals surface area contributed by atoms with Crippen LogP contribution in [-0.4, -0.2) is 5.84 Å². The molecular formula is C13H18Cl2N2. The number of hydrogen-bond donors (Lipinski definition) is 2. The number of nitrogens with two attached hydrogens (primary N) is 1. The quantitative estimate of drug-likeness (QED) is 0.637. The maximum atomic E-state index is 7.53. The molecule has 0 aliphatic heterocycles. The molecule has 2 nitrogen and oxygen atoms in total. The molecule has 0 heterocycles. The monoisotopic (exact) mass is 272 g/mol. The highest BCUT2D eigenvalue weighted by Gasteiger charge is 2.36. The maximum absolute atomic E-state index is 7.53. The Labute approximate surface area is 113 Å². The van der Waals surface area contributed by atoms with E-state index in [1.54, 1.807) is 0 Å². The number of nitrogens with one attached hydrogen (secondary N) is 1. The fourth-order valence-corrected chi connectivity index (χ4v) is 2.99. The van der Waals surface area contributed by atoms with Crippen LogP contribution in [0, 0.1) is 5.41 Å². The average Bonchev–Trinajstić information content (AvgIpc) is 2.66. The molecule has 0 bridgehead atoms. The molecule has 1 saturated carbocycles. The van der Waals surface area contributed by atoms with Gasteiger partial charge in [0.25, 0.3) is 0 Å². The number of benzene rings is 1. The molecule has 0 unspecified atom stereocenters. The summed E-state index contributed by atoms with van der Waals surface area (Å²) >= 11 is 6.04. The molecule has 4 heteroatoms. The van der Waals surface area contributed by atoms with E-state index in [0.717, 1.165) is 17.9 Å². The molecule has 94 valence electrons. The second kappa shape index (κ2) is 5.74. The molecule has 1 aliphatic rings. The summed E-state index contributed by atoms with van der Waals surface area (Å²) in [6.45, 7) is 0. The zero-order valence-electron chi connectivity index (χ0n) is 9.71. The molecule has 1 fully saturated rings. The predicted molar refractivity (Wildman–Crippen MR) is 75.4 cm³/mol. The van der Waals surface area contributed by atoms with Crippen molar-refractivity contribution in [1.29, 1.82) is 5.41 Å². The SMILES string of the molecule is Cl.N=C(N)CC1(c2cccc(Cl)c2)CCCC1. The van der Waals surface area contributed by atoms with Gasteiger partial charge in [0.1, 0.15) is 0 Å². The van der Waals surface area contributed by atoms with Crippen LogP contribution in [0.1, 0.15) is 37.7 Å². The third kappa shape index (κ3) is 3.14. The van der Waals surface area contributed by atoms with Crippen molar-refractivity contribution in [2.75, 3.05) is 0 Å². The average molecular weight is 273 g/mol. The molecule has 1 aromatic rings. The number of hydrogen-bond acceptors (Lipinski definition) is 1. The second-order valence-corrected chi connectivity index (χ2v) is 5.14. The summed E-state index contributed by atoms with van der Waals surface area (Å²) in [5.41, 5.74) is 6.89. The van der Waals surface area contributed by atoms with Crippen LogP contribution in [0.25, 0.3) is 0 Å². The van der Waals surface area contributed by atoms with Crippen molar-refractivity contribution in [1.82, 2.24) is 0 Å². The molecular weight excluding hydrogens is 255 g/mol. The molecule has 2 rings (SSSR count). The molecule has 1 aliphatic carbocycles. The third-order valence-electron chi connectivity index (χ3n) is 3.53. The zero-order chi connectivity index (χ0) is 11.6. The van der Waals surface area contributed by atoms with Gasteiger partial charge in [-0.05, 0) is 30.5 Å². The zero-order valence-corrected chi connectivity index (χ0v) is 11.3. The maximum Gasteiger partial charge on any atom is 0.0914 e. The minimum atomic E-state index is 0. The standard InChI is InChI=1S/C13H17ClN2.ClH/c14-11-5-3-4-10(8-11)13(9-12(15)16)6-1-2-7-13;/h3-5,8H,1-2,6-7,9H2,(H3,15,16);1H. The Morgan fingerprint density at radius 1 is 1.35 bits per heavy atom. The van der Waals surface area contributed by atoms with Crippen molar-refractivity contribution >= 4 is 29.8 Å². The Kier molecular flexibility index (Phi) is 4.84. The van der Waals surface area contributed by atoms with Crippen molar-refractivity contribution in [3.8, 4) is 0 Å². The lowest BCUT2D eigenvalue weighted by Crippen LogP contribution is -2.29. The van der Waals surface area contributed by atoms with E-state index in [0.29, 0.717) is 6.42 Å². The normalized spacial score (nSPS) is 17.5. The minimum Gasteiger partial charge on any atom is -0.388 e. The lowest BCUT2D eigenvalue weighted by molar-refractivity contribution is 0.457. The molecule has 0 saturated heterocycles. The van der Waals surface area contributed by atoms with Gasteiger partial charge in [-0.3, -0.25) is 5.41 Å². The summed E-state index contributed by atoms with van der Waals surface area (Å²) in [6, 6.07) is 8.01. The molecule has 17 heavy (non-hydrogen) atoms. The van der Waals surface area contributed by atoms with E-state index in [9.17, 15) is 0 Å². The first kappa shape index (κ1) is 14.3. The van der Waals surface area contributed by atoms with E-state index in [4.69, 9.17) is 22.7 Å². The van der Waals surface area contributed by atoms with Crippen LogP contribution in [0.3, 0.4) is 0 Å². The van der Waals surface area contributed by atoms with Crippen LogP contribution < -0.4 is 5.73 Å². The third-order valence-corrected chi connectivity index (χ3v) is 3.76. The fraction of sp³-hybridized carbons (Fsp3) is 0.462. The van der Waals surface area contributed by atoms with Crippen LogP contribution in [0.2, 0.25) is 5.02 Å². The van der Waals surface area contributed by atoms with Gasteiger partial charge < -0.3 is 5.73 Å². The van der Waals surface area contributed by atoms with Crippen molar-refractivity contribution < 1.29 is 0 Å². The van der Waals surface area contributed by atoms with E-state index in [1.165, 1.54) is 18.4 Å². The predicted octanol–water partition coefficient (Wildman–Crippen LogP) is 3.90. The van der Waals surface area contributed by atoms with E-state index in [1.807, 2.05) is 18.2 Å². The van der Waals surface area contributed by atoms with Gasteiger partial charge in [-0.1, -0.05) is 36.6 Å². The van der Waals surface area contributed by atoms with Crippen LogP contribution in [0.4, 0.5) is 0 Å². The second-order valence-electron chi connectivity index (χ2n) is 4.70. The highest BCUT2D eigenvalue weighted by atomic mass is 35.5. The first-order valence-electron chi connectivity index (χ1n) is 5.71. The Hall–Kier alpha value is -0.730. The minimum absolute atomic E-state index is 0. The smallest absolute Gasteiger partial charge is 0.0914 e. The highest BCUT2D eigenvalue weighted by molar-refractivity contribution is 6.30. The van der Waals surface area contributed by atoms with Crippen molar-refractivity contribution in [3.63, 3.8) is 0 Å². The van der Waals surface area contributed by atoms with E-state index in [-0.39, 0.29) is 23.7 Å². The molecule has 0 radical (unpaired) electrons. The van der Waals surface area contributed by atoms with E-state index >= 15 is 0 Å². The Balaban J connectivity index is 0.00000144. The molecule has 0 atom stereocenters. The summed E-state index contributed by atoms with van der Waals surface area (Å²) in [5, 5.41) is 8.30. The van der Waals surface area contributed by atoms with Gasteiger partial charge in [0, 0.05) is 16.9 Å². The van der Waals surface area contributed by atoms with Crippen molar-refractivity contribution in [2.24, 2.45) is 5.73 Å². The van der Waals surface area contributed by atoms with Gasteiger partial charge in [0.05, 0.1) is 5.84 Å². The highest BCUT2D eigenvalue weighted by Crippen LogP contribution is 2.44. The first-order valence-corrected chi connectivity index (χ1v) is 6.09. The summed E-state index contributed by atoms with van der Waals surface area (Å²) < 4.78 is 0. The molecule has 3 N–H and O–H groups in total. The van der Waals surface area contributed by atoms with E-state index < -0.39 is 0 Å². The van der Waals surface area contributed by atoms with Crippen molar-refractivity contribution in [2.45, 2.75) is 37.5 Å². The Morgan fingerprint density at radius 2 is 2.00 bits per heavy atom. The Bertz CT molecular complexity index is 398. The van der Waals surface area contributed by atoms with Gasteiger partial charge >= 0.3 is 0 Å². The Morgan fingerprint density at radius 3 is 2.53 bits per heavy atom. The first-order chi connectivity index (χ1) is 7.62. The van der Waals surface area contributed by atoms with Crippen LogP contribution in [0.15, 0.2) is 24.3 Å². The topological polar surface area (TPSA) is 49.9 Å². The fourth-order valence-electron chi connectivity index (χ4n) is 2.80. The molecule has 0 aromatic heterocycles.